The molecule has 0 spiro atoms. The summed E-state index contributed by atoms with van der Waals surface area (Å²) in [6.07, 6.45) is 1.09. The Kier molecular flexibility index (Phi) is 37.0. The van der Waals surface area contributed by atoms with Crippen molar-refractivity contribution >= 4 is 69.0 Å². The van der Waals surface area contributed by atoms with Gasteiger partial charge in [0.15, 0.2) is 92.9 Å². The van der Waals surface area contributed by atoms with Gasteiger partial charge in [-0.25, -0.2) is 65.5 Å². The Morgan fingerprint density at radius 2 is 0.779 bits per heavy atom. The van der Waals surface area contributed by atoms with E-state index < -0.39 is 113 Å². The first-order valence-corrected chi connectivity index (χ1v) is 28.5. The second-order valence-corrected chi connectivity index (χ2v) is 21.5. The highest BCUT2D eigenvalue weighted by molar-refractivity contribution is 9.11. The first-order chi connectivity index (χ1) is 44.5. The highest BCUT2D eigenvalue weighted by Crippen LogP contribution is 2.28. The number of aliphatic hydroxyl groups excluding tert-OH is 1. The third-order valence-corrected chi connectivity index (χ3v) is 12.1. The lowest BCUT2D eigenvalue weighted by atomic mass is 10.2. The van der Waals surface area contributed by atoms with Gasteiger partial charge in [-0.2, -0.15) is 42.1 Å². The van der Waals surface area contributed by atoms with E-state index in [2.05, 4.69) is 47.8 Å². The molecule has 0 aliphatic heterocycles. The minimum Gasteiger partial charge on any atom is -0.504 e. The highest BCUT2D eigenvalue weighted by Gasteiger charge is 2.17. The summed E-state index contributed by atoms with van der Waals surface area (Å²) in [7, 11) is -1.60. The number of ether oxygens (including phenoxy) is 1. The molecule has 0 fully saturated rings. The van der Waals surface area contributed by atoms with Crippen LogP contribution in [-0.2, 0) is 9.84 Å². The number of nitrogen functional groups attached to an aromatic ring is 1. The predicted molar refractivity (Wildman–Crippen MR) is 320 cm³/mol. The molecule has 0 saturated heterocycles. The van der Waals surface area contributed by atoms with Gasteiger partial charge in [0.05, 0.1) is 75.0 Å². The number of nitrogens with two attached hydrogens (primary N) is 1. The lowest BCUT2D eigenvalue weighted by Gasteiger charge is -2.03. The maximum Gasteiger partial charge on any atom is 0.273 e. The second kappa shape index (κ2) is 42.0. The number of nitrogens with zero attached hydrogens (tertiary/aromatic N) is 9. The van der Waals surface area contributed by atoms with Crippen LogP contribution in [0.2, 0.25) is 0 Å². The Balaban J connectivity index is 0.00000105. The largest absolute Gasteiger partial charge is 0.504 e. The van der Waals surface area contributed by atoms with Crippen LogP contribution >= 0.6 is 47.8 Å². The highest BCUT2D eigenvalue weighted by atomic mass is 79.9. The number of phenols is 2. The third kappa shape index (κ3) is 28.8. The fourth-order valence-corrected chi connectivity index (χ4v) is 7.17. The SMILES string of the molecule is COc1c(F)cc(Br)cc1C#N.CS(=O)(=O)CCO.N#Cc1cc(Br)cc(F)c1F.N#Cc1cc(Br)cc(F)c1O.N#Cc1cc(N)cc(F)c1F.N#Cc1cc([N+](=O)[O-])cc(F)c1F.N#Cc1cccc(F)c1F.N#Cc1cccc(F)c1F.N#Cc1cccc(F)c1O. The Morgan fingerprint density at radius 1 is 0.453 bits per heavy atom. The van der Waals surface area contributed by atoms with Crippen LogP contribution in [-0.4, -0.2) is 54.4 Å². The van der Waals surface area contributed by atoms with Crippen LogP contribution in [0.5, 0.6) is 17.2 Å². The van der Waals surface area contributed by atoms with Gasteiger partial charge in [0.2, 0.25) is 0 Å². The van der Waals surface area contributed by atoms with Crippen molar-refractivity contribution in [3.05, 3.63) is 259 Å². The van der Waals surface area contributed by atoms with E-state index in [1.165, 1.54) is 98.1 Å². The fourth-order valence-electron chi connectivity index (χ4n) is 5.54. The van der Waals surface area contributed by atoms with Crippen LogP contribution in [0.4, 0.5) is 68.5 Å². The molecule has 0 aliphatic rings. The maximum atomic E-state index is 13.0. The van der Waals surface area contributed by atoms with Crippen LogP contribution in [0.3, 0.4) is 0 Å². The molecule has 0 aliphatic carbocycles. The molecule has 0 heterocycles. The number of rotatable bonds is 4. The number of phenolic OH excluding ortho intramolecular Hbond substituents is 2. The van der Waals surface area contributed by atoms with E-state index >= 15 is 0 Å². The van der Waals surface area contributed by atoms with Crippen LogP contribution in [0, 0.1) is 176 Å². The lowest BCUT2D eigenvalue weighted by molar-refractivity contribution is -0.385. The van der Waals surface area contributed by atoms with Gasteiger partial charge < -0.3 is 25.8 Å². The average Bonchev–Trinajstić information content (AvgIpc) is 1.49. The van der Waals surface area contributed by atoms with Crippen molar-refractivity contribution in [2.75, 3.05) is 31.5 Å². The normalized spacial score (nSPS) is 9.29. The van der Waals surface area contributed by atoms with Gasteiger partial charge in [-0.15, -0.1) is 0 Å². The summed E-state index contributed by atoms with van der Waals surface area (Å²) >= 11 is 8.99. The molecule has 8 aromatic rings. The number of anilines is 1. The van der Waals surface area contributed by atoms with E-state index in [1.807, 2.05) is 6.07 Å². The summed E-state index contributed by atoms with van der Waals surface area (Å²) in [6.45, 7) is -0.279. The standard InChI is InChI=1S/C8H5BrFNO.C7H2BrF2N.C7H3BrFNO.C7H2F2N2O2.C7H4F2N2.2C7H3F2N.C7H4FNO.C3H8O3S/c1-12-8-5(4-11)2-6(9)3-7(8)10;8-5-1-4(3-11)7(10)6(9)2-5;8-5-1-4(3-10)7(11)6(9)2-5;8-6-2-5(11(12)13)1-4(3-10)7(6)9;8-6-2-5(11)1-4(3-10)7(6)9;2*8-6-3-1-2-5(4-10)7(6)9;8-6-3-1-2-5(4-9)7(6)10;1-7(5,6)3-2-4/h2-3H,1H3;1-2H;1-2,11H;1-2H;1-2H,11H2;2*1-3H;1-3,10H;4H,2-3H2,1H3. The molecular weight excluding hydrogens is 1510 g/mol. The van der Waals surface area contributed by atoms with Crippen molar-refractivity contribution in [3.8, 4) is 65.8 Å². The van der Waals surface area contributed by atoms with Crippen LogP contribution in [0.25, 0.3) is 0 Å². The van der Waals surface area contributed by atoms with E-state index in [1.54, 1.807) is 12.1 Å². The molecule has 95 heavy (non-hydrogen) atoms. The van der Waals surface area contributed by atoms with Gasteiger partial charge in [-0.3, -0.25) is 10.1 Å². The topological polar surface area (TPSA) is 364 Å². The Hall–Kier alpha value is -11.3. The monoisotopic (exact) mass is 1540 g/mol. The first kappa shape index (κ1) is 83.7. The molecular formula is C60H34Br3F13N10O8S. The fraction of sp³-hybridized carbons (Fsp3) is 0.0667. The van der Waals surface area contributed by atoms with Gasteiger partial charge in [0, 0.05) is 31.4 Å². The van der Waals surface area contributed by atoms with E-state index in [0.717, 1.165) is 48.7 Å². The summed E-state index contributed by atoms with van der Waals surface area (Å²) in [5.41, 5.74) is 2.75. The van der Waals surface area contributed by atoms with Crippen LogP contribution in [0.15, 0.2) is 129 Å². The number of non-ortho nitro benzene ring substituents is 1. The Labute approximate surface area is 554 Å². The van der Waals surface area contributed by atoms with Gasteiger partial charge in [-0.1, -0.05) is 66.0 Å². The number of para-hydroxylation sites is 1. The van der Waals surface area contributed by atoms with Gasteiger partial charge in [0.25, 0.3) is 5.69 Å². The number of hydrogen-bond donors (Lipinski definition) is 4. The number of aliphatic hydroxyl groups is 1. The van der Waals surface area contributed by atoms with Crippen molar-refractivity contribution < 1.29 is 90.5 Å². The van der Waals surface area contributed by atoms with Crippen molar-refractivity contribution in [1.82, 2.24) is 0 Å². The molecule has 8 aromatic carbocycles. The average molecular weight is 1540 g/mol. The van der Waals surface area contributed by atoms with Crippen molar-refractivity contribution in [2.45, 2.75) is 0 Å². The number of nitro groups is 1. The quantitative estimate of drug-likeness (QED) is 0.0418. The Bertz CT molecular complexity index is 4240. The summed E-state index contributed by atoms with van der Waals surface area (Å²) in [5.74, 6) is -14.7. The number of benzene rings is 8. The zero-order chi connectivity index (χ0) is 73.0. The van der Waals surface area contributed by atoms with Gasteiger partial charge in [0.1, 0.15) is 58.4 Å². The summed E-state index contributed by atoms with van der Waals surface area (Å²) < 4.78 is 189. The molecule has 0 aromatic heterocycles. The lowest BCUT2D eigenvalue weighted by Crippen LogP contribution is -2.05. The van der Waals surface area contributed by atoms with Crippen LogP contribution < -0.4 is 10.5 Å². The van der Waals surface area contributed by atoms with Gasteiger partial charge >= 0.3 is 0 Å². The second-order valence-electron chi connectivity index (χ2n) is 16.5. The van der Waals surface area contributed by atoms with Crippen molar-refractivity contribution in [3.63, 3.8) is 0 Å². The molecule has 0 atom stereocenters. The number of hydrogen-bond acceptors (Lipinski definition) is 17. The smallest absolute Gasteiger partial charge is 0.273 e. The number of nitro benzene ring substituents is 1. The Morgan fingerprint density at radius 3 is 1.15 bits per heavy atom. The number of halogens is 16. The number of aromatic hydroxyl groups is 2. The molecule has 490 valence electrons. The van der Waals surface area contributed by atoms with E-state index in [4.69, 9.17) is 67.9 Å². The number of nitriles is 8. The minimum atomic E-state index is -2.92. The zero-order valence-corrected chi connectivity index (χ0v) is 52.9. The summed E-state index contributed by atoms with van der Waals surface area (Å²) in [4.78, 5) is 9.24. The molecule has 0 unspecified atom stereocenters. The van der Waals surface area contributed by atoms with Crippen LogP contribution in [0.1, 0.15) is 44.5 Å². The summed E-state index contributed by atoms with van der Waals surface area (Å²) in [6, 6.07) is 33.7. The molecule has 0 amide bonds. The molecule has 0 bridgehead atoms. The molecule has 5 N–H and O–H groups in total. The maximum absolute atomic E-state index is 13.0. The first-order valence-electron chi connectivity index (χ1n) is 24.1. The molecule has 35 heteroatoms. The summed E-state index contributed by atoms with van der Waals surface area (Å²) in [5, 5.41) is 102. The molecule has 8 rings (SSSR count). The third-order valence-electron chi connectivity index (χ3n) is 9.82. The molecule has 0 saturated carbocycles. The molecule has 18 nitrogen and oxygen atoms in total. The minimum absolute atomic E-state index is 0.0132. The van der Waals surface area contributed by atoms with Gasteiger partial charge in [-0.05, 0) is 84.9 Å². The van der Waals surface area contributed by atoms with E-state index in [9.17, 15) is 75.6 Å². The number of methoxy groups -OCH3 is 1. The zero-order valence-electron chi connectivity index (χ0n) is 47.3. The molecule has 0 radical (unpaired) electrons. The predicted octanol–water partition coefficient (Wildman–Crippen LogP) is 14.5. The van der Waals surface area contributed by atoms with Crippen molar-refractivity contribution in [1.29, 1.82) is 42.1 Å². The van der Waals surface area contributed by atoms with E-state index in [-0.39, 0.29) is 62.7 Å². The number of sulfone groups is 1. The van der Waals surface area contributed by atoms with E-state index in [0.29, 0.717) is 25.6 Å². The van der Waals surface area contributed by atoms with Crippen molar-refractivity contribution in [2.24, 2.45) is 0 Å².